The number of Topliss-reactive ketones (excluding diaryl/α,β-unsaturated/α-hetero) is 1. The molecule has 3 nitrogen and oxygen atoms in total. The molecule has 0 aromatic heterocycles. The zero-order valence-corrected chi connectivity index (χ0v) is 9.34. The first kappa shape index (κ1) is 11.6. The molecule has 0 aliphatic rings. The number of benzene rings is 1. The molecule has 0 atom stereocenters. The molecule has 0 bridgehead atoms. The van der Waals surface area contributed by atoms with Gasteiger partial charge in [-0.1, -0.05) is 13.3 Å². The van der Waals surface area contributed by atoms with E-state index in [1.165, 1.54) is 6.92 Å². The first-order valence-electron chi connectivity index (χ1n) is 5.29. The quantitative estimate of drug-likeness (QED) is 0.442. The minimum Gasteiger partial charge on any atom is -0.398 e. The van der Waals surface area contributed by atoms with Gasteiger partial charge in [0.25, 0.3) is 0 Å². The summed E-state index contributed by atoms with van der Waals surface area (Å²) in [4.78, 5) is 11.1. The van der Waals surface area contributed by atoms with E-state index in [1.807, 2.05) is 12.1 Å². The van der Waals surface area contributed by atoms with Crippen LogP contribution in [0.2, 0.25) is 0 Å². The normalized spacial score (nSPS) is 10.0. The molecule has 0 fully saturated rings. The van der Waals surface area contributed by atoms with E-state index in [-0.39, 0.29) is 5.78 Å². The van der Waals surface area contributed by atoms with E-state index in [0.29, 0.717) is 11.3 Å². The minimum absolute atomic E-state index is 0.00704. The van der Waals surface area contributed by atoms with Crippen molar-refractivity contribution in [3.05, 3.63) is 23.8 Å². The van der Waals surface area contributed by atoms with Crippen LogP contribution in [0.4, 0.5) is 11.4 Å². The Balaban J connectivity index is 2.69. The predicted molar refractivity (Wildman–Crippen MR) is 64.3 cm³/mol. The van der Waals surface area contributed by atoms with Crippen molar-refractivity contribution in [1.29, 1.82) is 0 Å². The third kappa shape index (κ3) is 3.27. The fraction of sp³-hybridized carbons (Fsp3) is 0.417. The Bertz CT molecular complexity index is 347. The Morgan fingerprint density at radius 1 is 1.47 bits per heavy atom. The molecule has 0 radical (unpaired) electrons. The van der Waals surface area contributed by atoms with Crippen molar-refractivity contribution in [3.8, 4) is 0 Å². The molecule has 1 rings (SSSR count). The molecule has 0 saturated carbocycles. The van der Waals surface area contributed by atoms with Gasteiger partial charge in [-0.25, -0.2) is 0 Å². The van der Waals surface area contributed by atoms with Gasteiger partial charge >= 0.3 is 0 Å². The fourth-order valence-electron chi connectivity index (χ4n) is 1.40. The molecule has 3 heteroatoms. The number of hydrogen-bond donors (Lipinski definition) is 2. The number of nitrogen functional groups attached to an aromatic ring is 1. The largest absolute Gasteiger partial charge is 0.398 e. The van der Waals surface area contributed by atoms with E-state index >= 15 is 0 Å². The van der Waals surface area contributed by atoms with Gasteiger partial charge in [-0.2, -0.15) is 0 Å². The van der Waals surface area contributed by atoms with Crippen molar-refractivity contribution in [1.82, 2.24) is 0 Å². The van der Waals surface area contributed by atoms with Crippen molar-refractivity contribution in [2.45, 2.75) is 26.7 Å². The molecule has 15 heavy (non-hydrogen) atoms. The van der Waals surface area contributed by atoms with Gasteiger partial charge in [0, 0.05) is 23.5 Å². The van der Waals surface area contributed by atoms with Crippen LogP contribution < -0.4 is 11.1 Å². The number of anilines is 2. The summed E-state index contributed by atoms with van der Waals surface area (Å²) in [7, 11) is 0. The molecule has 0 heterocycles. The molecular weight excluding hydrogens is 188 g/mol. The Kier molecular flexibility index (Phi) is 4.16. The maximum atomic E-state index is 11.1. The molecule has 1 aromatic carbocycles. The average molecular weight is 206 g/mol. The monoisotopic (exact) mass is 206 g/mol. The summed E-state index contributed by atoms with van der Waals surface area (Å²) in [5.74, 6) is 0.00704. The van der Waals surface area contributed by atoms with E-state index in [0.717, 1.165) is 25.1 Å². The molecule has 82 valence electrons. The highest BCUT2D eigenvalue weighted by molar-refractivity contribution is 5.99. The molecule has 0 aliphatic heterocycles. The van der Waals surface area contributed by atoms with Gasteiger partial charge < -0.3 is 11.1 Å². The van der Waals surface area contributed by atoms with Gasteiger partial charge in [-0.3, -0.25) is 4.79 Å². The standard InChI is InChI=1S/C12H18N2O/c1-3-4-7-14-10-5-6-11(9(2)15)12(13)8-10/h5-6,8,14H,3-4,7,13H2,1-2H3. The predicted octanol–water partition coefficient (Wildman–Crippen LogP) is 2.68. The maximum Gasteiger partial charge on any atom is 0.161 e. The van der Waals surface area contributed by atoms with Gasteiger partial charge in [-0.15, -0.1) is 0 Å². The van der Waals surface area contributed by atoms with E-state index in [2.05, 4.69) is 12.2 Å². The zero-order valence-electron chi connectivity index (χ0n) is 9.34. The highest BCUT2D eigenvalue weighted by Gasteiger charge is 2.04. The number of hydrogen-bond acceptors (Lipinski definition) is 3. The van der Waals surface area contributed by atoms with Crippen LogP contribution in [0.1, 0.15) is 37.0 Å². The van der Waals surface area contributed by atoms with Gasteiger partial charge in [0.05, 0.1) is 0 Å². The van der Waals surface area contributed by atoms with E-state index in [4.69, 9.17) is 5.73 Å². The number of ketones is 1. The first-order chi connectivity index (χ1) is 7.15. The number of rotatable bonds is 5. The average Bonchev–Trinajstić information content (AvgIpc) is 2.17. The van der Waals surface area contributed by atoms with Gasteiger partial charge in [0.1, 0.15) is 0 Å². The van der Waals surface area contributed by atoms with Crippen LogP contribution >= 0.6 is 0 Å². The lowest BCUT2D eigenvalue weighted by Crippen LogP contribution is -2.04. The Hall–Kier alpha value is -1.51. The van der Waals surface area contributed by atoms with Crippen molar-refractivity contribution in [2.75, 3.05) is 17.6 Å². The Morgan fingerprint density at radius 3 is 2.73 bits per heavy atom. The summed E-state index contributed by atoms with van der Waals surface area (Å²) in [5.41, 5.74) is 7.88. The molecule has 0 saturated heterocycles. The van der Waals surface area contributed by atoms with E-state index < -0.39 is 0 Å². The Labute approximate surface area is 90.7 Å². The minimum atomic E-state index is 0.00704. The van der Waals surface area contributed by atoms with Crippen LogP contribution in [-0.2, 0) is 0 Å². The second-order valence-corrected chi connectivity index (χ2v) is 3.64. The highest BCUT2D eigenvalue weighted by Crippen LogP contribution is 2.18. The van der Waals surface area contributed by atoms with Crippen molar-refractivity contribution in [3.63, 3.8) is 0 Å². The number of nitrogens with one attached hydrogen (secondary N) is 1. The van der Waals surface area contributed by atoms with Crippen molar-refractivity contribution in [2.24, 2.45) is 0 Å². The van der Waals surface area contributed by atoms with Crippen LogP contribution in [0.15, 0.2) is 18.2 Å². The summed E-state index contributed by atoms with van der Waals surface area (Å²) in [6.07, 6.45) is 2.29. The molecule has 0 unspecified atom stereocenters. The molecule has 0 spiro atoms. The van der Waals surface area contributed by atoms with Gasteiger partial charge in [0.2, 0.25) is 0 Å². The summed E-state index contributed by atoms with van der Waals surface area (Å²) in [6.45, 7) is 4.61. The smallest absolute Gasteiger partial charge is 0.161 e. The molecular formula is C12H18N2O. The summed E-state index contributed by atoms with van der Waals surface area (Å²) >= 11 is 0. The van der Waals surface area contributed by atoms with Crippen molar-refractivity contribution >= 4 is 17.2 Å². The summed E-state index contributed by atoms with van der Waals surface area (Å²) < 4.78 is 0. The zero-order chi connectivity index (χ0) is 11.3. The van der Waals surface area contributed by atoms with Crippen LogP contribution in [0.5, 0.6) is 0 Å². The molecule has 0 aliphatic carbocycles. The number of nitrogens with two attached hydrogens (primary N) is 1. The Morgan fingerprint density at radius 2 is 2.20 bits per heavy atom. The first-order valence-corrected chi connectivity index (χ1v) is 5.29. The maximum absolute atomic E-state index is 11.1. The molecule has 0 amide bonds. The van der Waals surface area contributed by atoms with Crippen LogP contribution in [0.25, 0.3) is 0 Å². The van der Waals surface area contributed by atoms with Crippen LogP contribution in [0.3, 0.4) is 0 Å². The lowest BCUT2D eigenvalue weighted by Gasteiger charge is -2.08. The van der Waals surface area contributed by atoms with Gasteiger partial charge in [-0.05, 0) is 31.5 Å². The van der Waals surface area contributed by atoms with E-state index in [9.17, 15) is 4.79 Å². The highest BCUT2D eigenvalue weighted by atomic mass is 16.1. The summed E-state index contributed by atoms with van der Waals surface area (Å²) in [6, 6.07) is 5.47. The number of carbonyl (C=O) groups excluding carboxylic acids is 1. The lowest BCUT2D eigenvalue weighted by molar-refractivity contribution is 0.101. The molecule has 3 N–H and O–H groups in total. The third-order valence-corrected chi connectivity index (χ3v) is 2.29. The van der Waals surface area contributed by atoms with Gasteiger partial charge in [0.15, 0.2) is 5.78 Å². The summed E-state index contributed by atoms with van der Waals surface area (Å²) in [5, 5.41) is 3.26. The lowest BCUT2D eigenvalue weighted by atomic mass is 10.1. The fourth-order valence-corrected chi connectivity index (χ4v) is 1.40. The van der Waals surface area contributed by atoms with Crippen molar-refractivity contribution < 1.29 is 4.79 Å². The van der Waals surface area contributed by atoms with Crippen LogP contribution in [-0.4, -0.2) is 12.3 Å². The second-order valence-electron chi connectivity index (χ2n) is 3.64. The third-order valence-electron chi connectivity index (χ3n) is 2.29. The number of unbranched alkanes of at least 4 members (excludes halogenated alkanes) is 1. The number of carbonyl (C=O) groups is 1. The molecule has 1 aromatic rings. The topological polar surface area (TPSA) is 55.1 Å². The second kappa shape index (κ2) is 5.39. The van der Waals surface area contributed by atoms with E-state index in [1.54, 1.807) is 6.07 Å². The SMILES string of the molecule is CCCCNc1ccc(C(C)=O)c(N)c1. The van der Waals surface area contributed by atoms with Crippen LogP contribution in [0, 0.1) is 0 Å².